The first-order valence-electron chi connectivity index (χ1n) is 9.15. The van der Waals surface area contributed by atoms with Crippen LogP contribution in [0.5, 0.6) is 0 Å². The van der Waals surface area contributed by atoms with Gasteiger partial charge in [0.2, 0.25) is 5.91 Å². The Morgan fingerprint density at radius 1 is 1.00 bits per heavy atom. The Labute approximate surface area is 162 Å². The number of carbonyl (C=O) groups excluding carboxylic acids is 1. The summed E-state index contributed by atoms with van der Waals surface area (Å²) in [5, 5.41) is 4.00. The fourth-order valence-corrected chi connectivity index (χ4v) is 3.80. The van der Waals surface area contributed by atoms with Gasteiger partial charge in [0.25, 0.3) is 0 Å². The van der Waals surface area contributed by atoms with Crippen molar-refractivity contribution in [2.45, 2.75) is 5.92 Å². The van der Waals surface area contributed by atoms with Gasteiger partial charge in [0.15, 0.2) is 0 Å². The van der Waals surface area contributed by atoms with Crippen molar-refractivity contribution in [1.29, 1.82) is 0 Å². The molecule has 0 saturated heterocycles. The van der Waals surface area contributed by atoms with Crippen LogP contribution in [0.4, 0.5) is 17.1 Å². The lowest BCUT2D eigenvalue weighted by Crippen LogP contribution is -2.16. The lowest BCUT2D eigenvalue weighted by Gasteiger charge is -2.22. The van der Waals surface area contributed by atoms with Crippen LogP contribution < -0.4 is 10.2 Å². The number of hydrogen-bond acceptors (Lipinski definition) is 4. The number of carbonyl (C=O) groups is 1. The highest BCUT2D eigenvalue weighted by Gasteiger charge is 2.33. The summed E-state index contributed by atoms with van der Waals surface area (Å²) in [6, 6.07) is 21.7. The second kappa shape index (κ2) is 6.46. The summed E-state index contributed by atoms with van der Waals surface area (Å²) in [5.74, 6) is -0.458. The van der Waals surface area contributed by atoms with Crippen molar-refractivity contribution in [3.05, 3.63) is 90.4 Å². The number of pyridine rings is 2. The normalized spacial score (nSPS) is 15.3. The lowest BCUT2D eigenvalue weighted by molar-refractivity contribution is -0.116. The molecule has 5 nitrogen and oxygen atoms in total. The number of aromatic nitrogens is 2. The van der Waals surface area contributed by atoms with Gasteiger partial charge in [0.05, 0.1) is 28.8 Å². The molecule has 1 N–H and O–H groups in total. The second-order valence-corrected chi connectivity index (χ2v) is 6.86. The average molecular weight is 366 g/mol. The van der Waals surface area contributed by atoms with Crippen molar-refractivity contribution in [3.63, 3.8) is 0 Å². The third kappa shape index (κ3) is 2.60. The van der Waals surface area contributed by atoms with E-state index in [0.29, 0.717) is 0 Å². The van der Waals surface area contributed by atoms with Crippen LogP contribution in [0.15, 0.2) is 79.1 Å². The van der Waals surface area contributed by atoms with Crippen molar-refractivity contribution in [1.82, 2.24) is 9.97 Å². The number of amides is 1. The highest BCUT2D eigenvalue weighted by Crippen LogP contribution is 2.39. The van der Waals surface area contributed by atoms with Crippen molar-refractivity contribution >= 4 is 33.9 Å². The highest BCUT2D eigenvalue weighted by atomic mass is 16.2. The fraction of sp³-hybridized carbons (Fsp3) is 0.0870. The van der Waals surface area contributed by atoms with Gasteiger partial charge in [-0.25, -0.2) is 0 Å². The standard InChI is InChI=1S/C23H18N4O/c1-27(15-7-6-12-24-14-15)21-13-20(25-18-10-4-2-8-16(18)21)22-17-9-3-5-11-19(17)26-23(22)28/h2-14,22H,1H3,(H,26,28). The lowest BCUT2D eigenvalue weighted by atomic mass is 9.95. The summed E-state index contributed by atoms with van der Waals surface area (Å²) in [6.45, 7) is 0. The Morgan fingerprint density at radius 3 is 2.68 bits per heavy atom. The van der Waals surface area contributed by atoms with E-state index in [-0.39, 0.29) is 5.91 Å². The molecule has 1 unspecified atom stereocenters. The maximum atomic E-state index is 12.7. The molecule has 3 heterocycles. The topological polar surface area (TPSA) is 58.1 Å². The molecule has 0 bridgehead atoms. The van der Waals surface area contributed by atoms with Gasteiger partial charge in [-0.3, -0.25) is 14.8 Å². The molecular weight excluding hydrogens is 348 g/mol. The van der Waals surface area contributed by atoms with Gasteiger partial charge >= 0.3 is 0 Å². The van der Waals surface area contributed by atoms with Crippen molar-refractivity contribution in [2.24, 2.45) is 0 Å². The van der Waals surface area contributed by atoms with Crippen LogP contribution in [0, 0.1) is 0 Å². The minimum Gasteiger partial charge on any atom is -0.343 e. The minimum atomic E-state index is -0.415. The molecule has 0 aliphatic carbocycles. The third-order valence-corrected chi connectivity index (χ3v) is 5.20. The van der Waals surface area contributed by atoms with Gasteiger partial charge in [-0.05, 0) is 35.9 Å². The van der Waals surface area contributed by atoms with E-state index in [1.807, 2.05) is 73.9 Å². The number of para-hydroxylation sites is 2. The number of nitrogens with zero attached hydrogens (tertiary/aromatic N) is 3. The number of hydrogen-bond donors (Lipinski definition) is 1. The van der Waals surface area contributed by atoms with Crippen LogP contribution in [-0.2, 0) is 4.79 Å². The van der Waals surface area contributed by atoms with E-state index >= 15 is 0 Å². The molecule has 1 amide bonds. The zero-order valence-corrected chi connectivity index (χ0v) is 15.3. The molecular formula is C23H18N4O. The van der Waals surface area contributed by atoms with E-state index in [1.165, 1.54) is 0 Å². The summed E-state index contributed by atoms with van der Waals surface area (Å²) in [4.78, 5) is 23.9. The number of benzene rings is 2. The Hall–Kier alpha value is -3.73. The van der Waals surface area contributed by atoms with Gasteiger partial charge in [0.1, 0.15) is 5.92 Å². The van der Waals surface area contributed by atoms with E-state index in [1.54, 1.807) is 6.20 Å². The largest absolute Gasteiger partial charge is 0.343 e. The molecule has 2 aromatic carbocycles. The minimum absolute atomic E-state index is 0.0426. The van der Waals surface area contributed by atoms with Crippen molar-refractivity contribution in [3.8, 4) is 0 Å². The first-order chi connectivity index (χ1) is 13.7. The number of anilines is 3. The molecule has 28 heavy (non-hydrogen) atoms. The third-order valence-electron chi connectivity index (χ3n) is 5.20. The quantitative estimate of drug-likeness (QED) is 0.581. The zero-order valence-electron chi connectivity index (χ0n) is 15.3. The Balaban J connectivity index is 1.71. The molecule has 5 heteroatoms. The van der Waals surface area contributed by atoms with Gasteiger partial charge in [-0.2, -0.15) is 0 Å². The maximum Gasteiger partial charge on any atom is 0.238 e. The molecule has 0 saturated carbocycles. The molecule has 5 rings (SSSR count). The Morgan fingerprint density at radius 2 is 1.82 bits per heavy atom. The number of nitrogens with one attached hydrogen (secondary N) is 1. The van der Waals surface area contributed by atoms with E-state index in [0.717, 1.165) is 39.2 Å². The smallest absolute Gasteiger partial charge is 0.238 e. The van der Waals surface area contributed by atoms with Gasteiger partial charge in [0, 0.05) is 24.3 Å². The molecule has 0 radical (unpaired) electrons. The number of rotatable bonds is 3. The predicted octanol–water partition coefficient (Wildman–Crippen LogP) is 4.48. The van der Waals surface area contributed by atoms with Crippen LogP contribution in [-0.4, -0.2) is 22.9 Å². The Bertz CT molecular complexity index is 1190. The molecule has 4 aromatic rings. The molecule has 1 aliphatic rings. The highest BCUT2D eigenvalue weighted by molar-refractivity contribution is 6.05. The monoisotopic (exact) mass is 366 g/mol. The molecule has 1 aliphatic heterocycles. The SMILES string of the molecule is CN(c1cccnc1)c1cc(C2C(=O)Nc3ccccc32)nc2ccccc12. The fourth-order valence-electron chi connectivity index (χ4n) is 3.80. The first-order valence-corrected chi connectivity index (χ1v) is 9.15. The summed E-state index contributed by atoms with van der Waals surface area (Å²) in [6.07, 6.45) is 3.58. The van der Waals surface area contributed by atoms with Crippen LogP contribution in [0.1, 0.15) is 17.2 Å². The summed E-state index contributed by atoms with van der Waals surface area (Å²) in [5.41, 5.74) is 5.39. The van der Waals surface area contributed by atoms with E-state index in [4.69, 9.17) is 4.98 Å². The van der Waals surface area contributed by atoms with Gasteiger partial charge in [-0.1, -0.05) is 36.4 Å². The summed E-state index contributed by atoms with van der Waals surface area (Å²) >= 11 is 0. The van der Waals surface area contributed by atoms with Crippen molar-refractivity contribution < 1.29 is 4.79 Å². The zero-order chi connectivity index (χ0) is 19.1. The Kier molecular flexibility index (Phi) is 3.79. The van der Waals surface area contributed by atoms with Crippen LogP contribution in [0.2, 0.25) is 0 Å². The molecule has 0 spiro atoms. The second-order valence-electron chi connectivity index (χ2n) is 6.86. The van der Waals surface area contributed by atoms with Crippen LogP contribution in [0.3, 0.4) is 0 Å². The summed E-state index contributed by atoms with van der Waals surface area (Å²) < 4.78 is 0. The summed E-state index contributed by atoms with van der Waals surface area (Å²) in [7, 11) is 2.01. The van der Waals surface area contributed by atoms with E-state index in [2.05, 4.69) is 21.3 Å². The molecule has 2 aromatic heterocycles. The van der Waals surface area contributed by atoms with Gasteiger partial charge in [-0.15, -0.1) is 0 Å². The molecule has 136 valence electrons. The average Bonchev–Trinajstić information content (AvgIpc) is 3.08. The number of fused-ring (bicyclic) bond motifs is 2. The van der Waals surface area contributed by atoms with E-state index < -0.39 is 5.92 Å². The maximum absolute atomic E-state index is 12.7. The van der Waals surface area contributed by atoms with E-state index in [9.17, 15) is 4.79 Å². The van der Waals surface area contributed by atoms with Gasteiger partial charge < -0.3 is 10.2 Å². The van der Waals surface area contributed by atoms with Crippen LogP contribution in [0.25, 0.3) is 10.9 Å². The van der Waals surface area contributed by atoms with Crippen molar-refractivity contribution in [2.75, 3.05) is 17.3 Å². The first kappa shape index (κ1) is 16.4. The van der Waals surface area contributed by atoms with Crippen LogP contribution >= 0.6 is 0 Å². The predicted molar refractivity (Wildman–Crippen MR) is 111 cm³/mol. The molecule has 0 fully saturated rings. The molecule has 1 atom stereocenters.